The number of aliphatic carboxylic acids is 1. The summed E-state index contributed by atoms with van der Waals surface area (Å²) in [7, 11) is 0. The van der Waals surface area contributed by atoms with Gasteiger partial charge in [-0.05, 0) is 44.2 Å². The summed E-state index contributed by atoms with van der Waals surface area (Å²) in [5.74, 6) is 0.498. The van der Waals surface area contributed by atoms with E-state index in [0.717, 1.165) is 33.7 Å². The molecule has 0 bridgehead atoms. The lowest BCUT2D eigenvalue weighted by Gasteiger charge is -2.37. The average molecular weight is 352 g/mol. The number of carboxylic acid groups (broad SMARTS) is 1. The third kappa shape index (κ3) is 2.96. The van der Waals surface area contributed by atoms with Crippen molar-refractivity contribution in [2.45, 2.75) is 20.0 Å². The lowest BCUT2D eigenvalue weighted by Crippen LogP contribution is -2.50. The van der Waals surface area contributed by atoms with Crippen LogP contribution in [0.3, 0.4) is 0 Å². The van der Waals surface area contributed by atoms with E-state index in [4.69, 9.17) is 9.84 Å². The zero-order valence-electron chi connectivity index (χ0n) is 14.6. The molecule has 7 heteroatoms. The Bertz CT molecular complexity index is 960. The van der Waals surface area contributed by atoms with Crippen LogP contribution in [0.5, 0.6) is 5.75 Å². The molecule has 2 N–H and O–H groups in total. The number of nitrogens with zero attached hydrogens (tertiary/aromatic N) is 3. The molecule has 0 radical (unpaired) electrons. The molecule has 1 fully saturated rings. The molecule has 0 spiro atoms. The summed E-state index contributed by atoms with van der Waals surface area (Å²) in [6.45, 7) is 4.96. The van der Waals surface area contributed by atoms with Gasteiger partial charge in [-0.25, -0.2) is 4.98 Å². The van der Waals surface area contributed by atoms with Crippen molar-refractivity contribution in [3.05, 3.63) is 36.5 Å². The van der Waals surface area contributed by atoms with E-state index in [2.05, 4.69) is 15.2 Å². The maximum Gasteiger partial charge on any atom is 0.310 e. The highest BCUT2D eigenvalue weighted by Gasteiger charge is 2.33. The monoisotopic (exact) mass is 352 g/mol. The molecule has 0 unspecified atom stereocenters. The van der Waals surface area contributed by atoms with Crippen molar-refractivity contribution in [1.82, 2.24) is 15.2 Å². The quantitative estimate of drug-likeness (QED) is 0.734. The van der Waals surface area contributed by atoms with Crippen LogP contribution in [0.2, 0.25) is 0 Å². The van der Waals surface area contributed by atoms with Crippen molar-refractivity contribution in [2.24, 2.45) is 5.92 Å². The van der Waals surface area contributed by atoms with Crippen molar-refractivity contribution in [1.29, 1.82) is 0 Å². The Hall–Kier alpha value is -3.09. The van der Waals surface area contributed by atoms with Crippen LogP contribution in [0.25, 0.3) is 22.2 Å². The second-order valence-electron chi connectivity index (χ2n) is 6.79. The zero-order valence-corrected chi connectivity index (χ0v) is 14.6. The van der Waals surface area contributed by atoms with E-state index < -0.39 is 5.97 Å². The normalized spacial score (nSPS) is 14.7. The number of carboxylic acids is 1. The van der Waals surface area contributed by atoms with Gasteiger partial charge in [-0.3, -0.25) is 9.89 Å². The lowest BCUT2D eigenvalue weighted by atomic mass is 10.00. The third-order valence-electron chi connectivity index (χ3n) is 4.48. The summed E-state index contributed by atoms with van der Waals surface area (Å²) in [4.78, 5) is 17.3. The Morgan fingerprint density at radius 1 is 1.31 bits per heavy atom. The highest BCUT2D eigenvalue weighted by molar-refractivity contribution is 5.94. The first-order valence-electron chi connectivity index (χ1n) is 8.60. The molecule has 0 amide bonds. The summed E-state index contributed by atoms with van der Waals surface area (Å²) in [5, 5.41) is 17.5. The van der Waals surface area contributed by atoms with Gasteiger partial charge in [-0.2, -0.15) is 5.10 Å². The Morgan fingerprint density at radius 3 is 2.85 bits per heavy atom. The van der Waals surface area contributed by atoms with Gasteiger partial charge in [-0.1, -0.05) is 0 Å². The maximum absolute atomic E-state index is 11.0. The molecular formula is C19H20N4O3. The Balaban J connectivity index is 1.65. The molecule has 3 heterocycles. The zero-order chi connectivity index (χ0) is 18.3. The number of aromatic amines is 1. The van der Waals surface area contributed by atoms with Gasteiger partial charge in [-0.15, -0.1) is 0 Å². The van der Waals surface area contributed by atoms with Crippen LogP contribution < -0.4 is 9.64 Å². The maximum atomic E-state index is 11.0. The van der Waals surface area contributed by atoms with Gasteiger partial charge in [0.15, 0.2) is 0 Å². The number of benzene rings is 1. The molecule has 2 aromatic heterocycles. The van der Waals surface area contributed by atoms with Crippen molar-refractivity contribution in [3.63, 3.8) is 0 Å². The number of hydrogen-bond donors (Lipinski definition) is 2. The predicted molar refractivity (Wildman–Crippen MR) is 98.4 cm³/mol. The van der Waals surface area contributed by atoms with Crippen LogP contribution in [0.15, 0.2) is 36.5 Å². The van der Waals surface area contributed by atoms with E-state index in [1.807, 2.05) is 49.1 Å². The van der Waals surface area contributed by atoms with E-state index in [9.17, 15) is 4.79 Å². The molecule has 1 aliphatic rings. The molecule has 1 aromatic carbocycles. The molecule has 7 nitrogen and oxygen atoms in total. The number of nitrogens with one attached hydrogen (secondary N) is 1. The average Bonchev–Trinajstić information content (AvgIpc) is 2.96. The van der Waals surface area contributed by atoms with Crippen molar-refractivity contribution < 1.29 is 14.6 Å². The topological polar surface area (TPSA) is 91.3 Å². The van der Waals surface area contributed by atoms with Crippen LogP contribution >= 0.6 is 0 Å². The van der Waals surface area contributed by atoms with Crippen LogP contribution in [0.4, 0.5) is 5.82 Å². The minimum absolute atomic E-state index is 0.101. The first-order chi connectivity index (χ1) is 12.5. The lowest BCUT2D eigenvalue weighted by molar-refractivity contribution is -0.142. The second kappa shape index (κ2) is 6.33. The van der Waals surface area contributed by atoms with Crippen LogP contribution in [-0.2, 0) is 4.79 Å². The fraction of sp³-hybridized carbons (Fsp3) is 0.316. The number of H-pyrrole nitrogens is 1. The Morgan fingerprint density at radius 2 is 2.12 bits per heavy atom. The van der Waals surface area contributed by atoms with Gasteiger partial charge >= 0.3 is 5.97 Å². The molecular weight excluding hydrogens is 332 g/mol. The number of pyridine rings is 1. The molecule has 134 valence electrons. The molecule has 26 heavy (non-hydrogen) atoms. The molecule has 1 saturated heterocycles. The molecule has 0 saturated carbocycles. The number of aromatic nitrogens is 3. The van der Waals surface area contributed by atoms with Crippen LogP contribution in [0, 0.1) is 5.92 Å². The highest BCUT2D eigenvalue weighted by atomic mass is 16.5. The van der Waals surface area contributed by atoms with E-state index in [1.54, 1.807) is 6.20 Å². The first-order valence-corrected chi connectivity index (χ1v) is 8.60. The number of anilines is 1. The summed E-state index contributed by atoms with van der Waals surface area (Å²) in [5.41, 5.74) is 2.69. The Kier molecular flexibility index (Phi) is 3.99. The number of ether oxygens (including phenoxy) is 1. The fourth-order valence-electron chi connectivity index (χ4n) is 3.12. The predicted octanol–water partition coefficient (Wildman–Crippen LogP) is 2.93. The SMILES string of the molecule is CC(C)Oc1ccc2[nH]nc(-c3ccnc(N4CC(C(=O)O)C4)c3)c2c1. The largest absolute Gasteiger partial charge is 0.491 e. The van der Waals surface area contributed by atoms with Crippen molar-refractivity contribution >= 4 is 22.7 Å². The molecule has 0 atom stereocenters. The van der Waals surface area contributed by atoms with E-state index in [0.29, 0.717) is 13.1 Å². The van der Waals surface area contributed by atoms with Gasteiger partial charge in [0.25, 0.3) is 0 Å². The van der Waals surface area contributed by atoms with Gasteiger partial charge in [0.1, 0.15) is 17.3 Å². The van der Waals surface area contributed by atoms with Gasteiger partial charge in [0.05, 0.1) is 17.5 Å². The standard InChI is InChI=1S/C19H20N4O3/c1-11(2)26-14-3-4-16-15(8-14)18(22-21-16)12-5-6-20-17(7-12)23-9-13(10-23)19(24)25/h3-8,11,13H,9-10H2,1-2H3,(H,21,22)(H,24,25). The second-order valence-corrected chi connectivity index (χ2v) is 6.79. The number of carbonyl (C=O) groups is 1. The van der Waals surface area contributed by atoms with Gasteiger partial charge in [0.2, 0.25) is 0 Å². The van der Waals surface area contributed by atoms with E-state index >= 15 is 0 Å². The van der Waals surface area contributed by atoms with Crippen LogP contribution in [-0.4, -0.2) is 45.5 Å². The van der Waals surface area contributed by atoms with E-state index in [-0.39, 0.29) is 12.0 Å². The highest BCUT2D eigenvalue weighted by Crippen LogP contribution is 2.32. The van der Waals surface area contributed by atoms with Crippen molar-refractivity contribution in [2.75, 3.05) is 18.0 Å². The number of fused-ring (bicyclic) bond motifs is 1. The smallest absolute Gasteiger partial charge is 0.310 e. The Labute approximate surface area is 150 Å². The van der Waals surface area contributed by atoms with Crippen molar-refractivity contribution in [3.8, 4) is 17.0 Å². The summed E-state index contributed by atoms with van der Waals surface area (Å²) >= 11 is 0. The summed E-state index contributed by atoms with van der Waals surface area (Å²) < 4.78 is 5.79. The molecule has 0 aliphatic carbocycles. The fourth-order valence-corrected chi connectivity index (χ4v) is 3.12. The van der Waals surface area contributed by atoms with Gasteiger partial charge in [0, 0.05) is 30.2 Å². The van der Waals surface area contributed by atoms with E-state index in [1.165, 1.54) is 0 Å². The number of hydrogen-bond acceptors (Lipinski definition) is 5. The minimum Gasteiger partial charge on any atom is -0.491 e. The molecule has 1 aliphatic heterocycles. The van der Waals surface area contributed by atoms with Gasteiger partial charge < -0.3 is 14.7 Å². The van der Waals surface area contributed by atoms with Crippen LogP contribution in [0.1, 0.15) is 13.8 Å². The first kappa shape index (κ1) is 16.4. The number of rotatable bonds is 5. The molecule has 3 aromatic rings. The summed E-state index contributed by atoms with van der Waals surface area (Å²) in [6.07, 6.45) is 1.83. The summed E-state index contributed by atoms with van der Waals surface area (Å²) in [6, 6.07) is 9.72. The third-order valence-corrected chi connectivity index (χ3v) is 4.48. The minimum atomic E-state index is -0.756. The molecule has 4 rings (SSSR count).